The zero-order chi connectivity index (χ0) is 14.0. The van der Waals surface area contributed by atoms with Crippen LogP contribution in [0.4, 0.5) is 0 Å². The van der Waals surface area contributed by atoms with Crippen molar-refractivity contribution in [3.05, 3.63) is 23.0 Å². The lowest BCUT2D eigenvalue weighted by Crippen LogP contribution is -2.32. The Morgan fingerprint density at radius 1 is 1.42 bits per heavy atom. The normalized spacial score (nSPS) is 18.5. The molecule has 1 unspecified atom stereocenters. The van der Waals surface area contributed by atoms with Gasteiger partial charge in [-0.2, -0.15) is 0 Å². The Morgan fingerprint density at radius 2 is 2.05 bits per heavy atom. The minimum Gasteiger partial charge on any atom is -0.480 e. The van der Waals surface area contributed by atoms with Crippen molar-refractivity contribution in [2.75, 3.05) is 0 Å². The van der Waals surface area contributed by atoms with E-state index >= 15 is 0 Å². The topological polar surface area (TPSA) is 68.2 Å². The van der Waals surface area contributed by atoms with E-state index in [9.17, 15) is 4.79 Å². The number of carboxylic acids is 1. The second-order valence-corrected chi connectivity index (χ2v) is 5.71. The number of rotatable bonds is 4. The van der Waals surface area contributed by atoms with Gasteiger partial charge in [-0.05, 0) is 44.7 Å². The molecule has 3 N–H and O–H groups in total. The maximum Gasteiger partial charge on any atom is 0.320 e. The molecule has 1 aliphatic carbocycles. The molecule has 1 saturated carbocycles. The van der Waals surface area contributed by atoms with Crippen molar-refractivity contribution in [2.45, 2.75) is 64.5 Å². The third-order valence-corrected chi connectivity index (χ3v) is 4.29. The molecule has 0 bridgehead atoms. The van der Waals surface area contributed by atoms with E-state index in [1.165, 1.54) is 43.5 Å². The van der Waals surface area contributed by atoms with Crippen molar-refractivity contribution in [1.82, 2.24) is 4.57 Å². The summed E-state index contributed by atoms with van der Waals surface area (Å²) in [7, 11) is 0. The standard InChI is InChI=1S/C15H24N2O2/c1-10-8-12(9-14(16)15(18)19)11(2)17(10)13-6-4-3-5-7-13/h8,13-14H,3-7,9,16H2,1-2H3,(H,18,19). The van der Waals surface area contributed by atoms with Crippen LogP contribution in [0.25, 0.3) is 0 Å². The number of aromatic nitrogens is 1. The molecule has 1 aliphatic rings. The van der Waals surface area contributed by atoms with E-state index in [1.807, 2.05) is 0 Å². The predicted octanol–water partition coefficient (Wildman–Crippen LogP) is 2.56. The predicted molar refractivity (Wildman–Crippen MR) is 75.3 cm³/mol. The summed E-state index contributed by atoms with van der Waals surface area (Å²) < 4.78 is 2.39. The van der Waals surface area contributed by atoms with Crippen LogP contribution in [0.2, 0.25) is 0 Å². The van der Waals surface area contributed by atoms with E-state index in [0.29, 0.717) is 12.5 Å². The third kappa shape index (κ3) is 3.00. The molecule has 4 heteroatoms. The highest BCUT2D eigenvalue weighted by atomic mass is 16.4. The summed E-state index contributed by atoms with van der Waals surface area (Å²) in [4.78, 5) is 10.9. The highest BCUT2D eigenvalue weighted by Crippen LogP contribution is 2.32. The van der Waals surface area contributed by atoms with Crippen LogP contribution >= 0.6 is 0 Å². The van der Waals surface area contributed by atoms with Crippen LogP contribution in [0, 0.1) is 13.8 Å². The lowest BCUT2D eigenvalue weighted by atomic mass is 9.95. The Bertz CT molecular complexity index is 459. The molecule has 4 nitrogen and oxygen atoms in total. The first-order valence-electron chi connectivity index (χ1n) is 7.16. The molecule has 19 heavy (non-hydrogen) atoms. The second-order valence-electron chi connectivity index (χ2n) is 5.71. The van der Waals surface area contributed by atoms with Crippen LogP contribution in [0.1, 0.15) is 55.1 Å². The molecular formula is C15H24N2O2. The second kappa shape index (κ2) is 5.78. The lowest BCUT2D eigenvalue weighted by molar-refractivity contribution is -0.138. The molecule has 1 fully saturated rings. The first kappa shape index (κ1) is 14.1. The molecule has 1 heterocycles. The van der Waals surface area contributed by atoms with Gasteiger partial charge in [-0.1, -0.05) is 19.3 Å². The molecule has 0 aromatic carbocycles. The quantitative estimate of drug-likeness (QED) is 0.878. The molecule has 0 spiro atoms. The van der Waals surface area contributed by atoms with E-state index in [2.05, 4.69) is 24.5 Å². The van der Waals surface area contributed by atoms with Crippen molar-refractivity contribution in [2.24, 2.45) is 5.73 Å². The van der Waals surface area contributed by atoms with Crippen molar-refractivity contribution in [1.29, 1.82) is 0 Å². The minimum atomic E-state index is -0.928. The molecule has 0 radical (unpaired) electrons. The smallest absolute Gasteiger partial charge is 0.320 e. The van der Waals surface area contributed by atoms with Crippen molar-refractivity contribution < 1.29 is 9.90 Å². The molecule has 1 aromatic heterocycles. The Kier molecular flexibility index (Phi) is 4.30. The number of hydrogen-bond donors (Lipinski definition) is 2. The Hall–Kier alpha value is -1.29. The van der Waals surface area contributed by atoms with Gasteiger partial charge in [0.15, 0.2) is 0 Å². The van der Waals surface area contributed by atoms with Gasteiger partial charge in [-0.25, -0.2) is 0 Å². The van der Waals surface area contributed by atoms with Crippen molar-refractivity contribution >= 4 is 5.97 Å². The van der Waals surface area contributed by atoms with Gasteiger partial charge in [0.1, 0.15) is 6.04 Å². The van der Waals surface area contributed by atoms with E-state index in [1.54, 1.807) is 0 Å². The molecule has 0 amide bonds. The SMILES string of the molecule is Cc1cc(CC(N)C(=O)O)c(C)n1C1CCCCC1. The first-order chi connectivity index (χ1) is 9.00. The zero-order valence-electron chi connectivity index (χ0n) is 11.9. The van der Waals surface area contributed by atoms with E-state index in [4.69, 9.17) is 10.8 Å². The average molecular weight is 264 g/mol. The van der Waals surface area contributed by atoms with Gasteiger partial charge in [0.05, 0.1) is 0 Å². The Morgan fingerprint density at radius 3 is 2.63 bits per heavy atom. The number of aliphatic carboxylic acids is 1. The Balaban J connectivity index is 2.21. The summed E-state index contributed by atoms with van der Waals surface area (Å²) >= 11 is 0. The van der Waals surface area contributed by atoms with Crippen LogP contribution < -0.4 is 5.73 Å². The van der Waals surface area contributed by atoms with Crippen LogP contribution in [0.5, 0.6) is 0 Å². The van der Waals surface area contributed by atoms with Crippen LogP contribution in [0.15, 0.2) is 6.07 Å². The third-order valence-electron chi connectivity index (χ3n) is 4.29. The van der Waals surface area contributed by atoms with Gasteiger partial charge in [-0.15, -0.1) is 0 Å². The van der Waals surface area contributed by atoms with E-state index in [0.717, 1.165) is 5.56 Å². The molecule has 106 valence electrons. The minimum absolute atomic E-state index is 0.418. The van der Waals surface area contributed by atoms with Gasteiger partial charge in [0.25, 0.3) is 0 Å². The summed E-state index contributed by atoms with van der Waals surface area (Å²) in [5.41, 5.74) is 9.16. The maximum absolute atomic E-state index is 10.9. The highest BCUT2D eigenvalue weighted by molar-refractivity contribution is 5.73. The number of aryl methyl sites for hydroxylation is 1. The summed E-state index contributed by atoms with van der Waals surface area (Å²) in [6.45, 7) is 4.20. The summed E-state index contributed by atoms with van der Waals surface area (Å²) in [6.07, 6.45) is 6.83. The summed E-state index contributed by atoms with van der Waals surface area (Å²) in [6, 6.07) is 1.89. The monoisotopic (exact) mass is 264 g/mol. The fourth-order valence-electron chi connectivity index (χ4n) is 3.28. The fraction of sp³-hybridized carbons (Fsp3) is 0.667. The van der Waals surface area contributed by atoms with Gasteiger partial charge >= 0.3 is 5.97 Å². The number of nitrogens with zero attached hydrogens (tertiary/aromatic N) is 1. The lowest BCUT2D eigenvalue weighted by Gasteiger charge is -2.26. The molecule has 0 aliphatic heterocycles. The molecule has 1 atom stereocenters. The number of hydrogen-bond acceptors (Lipinski definition) is 2. The molecule has 1 aromatic rings. The summed E-state index contributed by atoms with van der Waals surface area (Å²) in [5, 5.41) is 8.93. The van der Waals surface area contributed by atoms with Crippen molar-refractivity contribution in [3.8, 4) is 0 Å². The average Bonchev–Trinajstić information content (AvgIpc) is 2.65. The van der Waals surface area contributed by atoms with Gasteiger partial charge in [-0.3, -0.25) is 4.79 Å². The highest BCUT2D eigenvalue weighted by Gasteiger charge is 2.22. The number of carboxylic acid groups (broad SMARTS) is 1. The fourth-order valence-corrected chi connectivity index (χ4v) is 3.28. The summed E-state index contributed by atoms with van der Waals surface area (Å²) in [5.74, 6) is -0.928. The van der Waals surface area contributed by atoms with Crippen LogP contribution in [-0.2, 0) is 11.2 Å². The van der Waals surface area contributed by atoms with Gasteiger partial charge in [0.2, 0.25) is 0 Å². The van der Waals surface area contributed by atoms with Crippen LogP contribution in [0.3, 0.4) is 0 Å². The number of nitrogens with two attached hydrogens (primary N) is 1. The zero-order valence-corrected chi connectivity index (χ0v) is 11.9. The van der Waals surface area contributed by atoms with Crippen LogP contribution in [-0.4, -0.2) is 21.7 Å². The maximum atomic E-state index is 10.9. The first-order valence-corrected chi connectivity index (χ1v) is 7.16. The largest absolute Gasteiger partial charge is 0.480 e. The Labute approximate surface area is 114 Å². The van der Waals surface area contributed by atoms with E-state index < -0.39 is 12.0 Å². The molecular weight excluding hydrogens is 240 g/mol. The van der Waals surface area contributed by atoms with E-state index in [-0.39, 0.29) is 0 Å². The van der Waals surface area contributed by atoms with Gasteiger partial charge in [0, 0.05) is 17.4 Å². The molecule has 0 saturated heterocycles. The number of carbonyl (C=O) groups is 1. The van der Waals surface area contributed by atoms with Crippen molar-refractivity contribution in [3.63, 3.8) is 0 Å². The van der Waals surface area contributed by atoms with Gasteiger partial charge < -0.3 is 15.4 Å². The molecule has 2 rings (SSSR count).